The highest BCUT2D eigenvalue weighted by Crippen LogP contribution is 2.34. The van der Waals surface area contributed by atoms with E-state index in [2.05, 4.69) is 58.0 Å². The Labute approximate surface area is 163 Å². The van der Waals surface area contributed by atoms with Gasteiger partial charge in [0.25, 0.3) is 0 Å². The molecule has 0 amide bonds. The van der Waals surface area contributed by atoms with E-state index < -0.39 is 0 Å². The summed E-state index contributed by atoms with van der Waals surface area (Å²) < 4.78 is 2.01. The molecule has 0 aliphatic carbocycles. The smallest absolute Gasteiger partial charge is 0.154 e. The summed E-state index contributed by atoms with van der Waals surface area (Å²) in [6.07, 6.45) is 3.77. The van der Waals surface area contributed by atoms with Gasteiger partial charge in [0.1, 0.15) is 11.5 Å². The van der Waals surface area contributed by atoms with Crippen LogP contribution in [0.3, 0.4) is 0 Å². The van der Waals surface area contributed by atoms with Crippen LogP contribution in [0.25, 0.3) is 27.9 Å². The number of pyridine rings is 1. The summed E-state index contributed by atoms with van der Waals surface area (Å²) in [5.74, 6) is 2.56. The van der Waals surface area contributed by atoms with E-state index in [0.717, 1.165) is 64.4 Å². The number of likely N-dealkylation sites (tertiary alicyclic amines) is 1. The number of hydrogen-bond acceptors (Lipinski definition) is 5. The van der Waals surface area contributed by atoms with E-state index in [9.17, 15) is 0 Å². The van der Waals surface area contributed by atoms with Crippen molar-refractivity contribution in [2.45, 2.75) is 6.92 Å². The molecule has 4 aromatic heterocycles. The van der Waals surface area contributed by atoms with Crippen molar-refractivity contribution in [3.05, 3.63) is 42.4 Å². The minimum atomic E-state index is 0.756. The standard InChI is InChI=1S/C21H23N7/c1-13-20(16-5-7-22-21-17(16)6-8-23-21)28-18(24-13)3-4-19(25-28)27-11-14-9-26(2)10-15(14)12-27/h3-8,14-15H,9-12H2,1-2H3,(H,22,23)/t14-,15+. The molecule has 2 aliphatic rings. The molecule has 0 spiro atoms. The predicted molar refractivity (Wildman–Crippen MR) is 110 cm³/mol. The molecule has 28 heavy (non-hydrogen) atoms. The van der Waals surface area contributed by atoms with E-state index >= 15 is 0 Å². The molecule has 2 saturated heterocycles. The van der Waals surface area contributed by atoms with E-state index in [1.807, 2.05) is 16.9 Å². The van der Waals surface area contributed by atoms with E-state index in [1.165, 1.54) is 13.1 Å². The van der Waals surface area contributed by atoms with Crippen LogP contribution in [-0.2, 0) is 0 Å². The SMILES string of the molecule is Cc1nc2ccc(N3C[C@H]4CN(C)C[C@H]4C3)nn2c1-c1ccnc2[nH]ccc12. The third-order valence-electron chi connectivity index (χ3n) is 6.35. The van der Waals surface area contributed by atoms with Crippen molar-refractivity contribution in [2.24, 2.45) is 11.8 Å². The summed E-state index contributed by atoms with van der Waals surface area (Å²) in [6, 6.07) is 8.33. The van der Waals surface area contributed by atoms with Crippen molar-refractivity contribution < 1.29 is 0 Å². The van der Waals surface area contributed by atoms with Gasteiger partial charge in [-0.05, 0) is 50.1 Å². The quantitative estimate of drug-likeness (QED) is 0.585. The summed E-state index contributed by atoms with van der Waals surface area (Å²) in [5, 5.41) is 6.12. The molecule has 2 fully saturated rings. The fourth-order valence-electron chi connectivity index (χ4n) is 5.09. The van der Waals surface area contributed by atoms with Gasteiger partial charge in [0.2, 0.25) is 0 Å². The number of rotatable bonds is 2. The highest BCUT2D eigenvalue weighted by atomic mass is 15.3. The molecule has 0 aromatic carbocycles. The first-order valence-corrected chi connectivity index (χ1v) is 9.90. The molecule has 6 heterocycles. The zero-order valence-corrected chi connectivity index (χ0v) is 16.1. The van der Waals surface area contributed by atoms with Crippen molar-refractivity contribution in [3.63, 3.8) is 0 Å². The largest absolute Gasteiger partial charge is 0.355 e. The summed E-state index contributed by atoms with van der Waals surface area (Å²) in [7, 11) is 2.23. The second-order valence-electron chi connectivity index (χ2n) is 8.25. The highest BCUT2D eigenvalue weighted by molar-refractivity contribution is 5.93. The minimum absolute atomic E-state index is 0.756. The number of nitrogens with zero attached hydrogens (tertiary/aromatic N) is 6. The lowest BCUT2D eigenvalue weighted by Gasteiger charge is -2.20. The Morgan fingerprint density at radius 1 is 1.04 bits per heavy atom. The lowest BCUT2D eigenvalue weighted by molar-refractivity contribution is 0.386. The normalized spacial score (nSPS) is 22.6. The zero-order chi connectivity index (χ0) is 18.8. The van der Waals surface area contributed by atoms with Gasteiger partial charge in [-0.2, -0.15) is 0 Å². The van der Waals surface area contributed by atoms with Gasteiger partial charge in [-0.15, -0.1) is 5.10 Å². The number of hydrogen-bond donors (Lipinski definition) is 1. The lowest BCUT2D eigenvalue weighted by Crippen LogP contribution is -2.27. The van der Waals surface area contributed by atoms with Crippen molar-refractivity contribution in [2.75, 3.05) is 38.1 Å². The Kier molecular flexibility index (Phi) is 3.32. The molecule has 2 atom stereocenters. The number of aromatic nitrogens is 5. The summed E-state index contributed by atoms with van der Waals surface area (Å²) in [4.78, 5) is 17.3. The molecule has 7 nitrogen and oxygen atoms in total. The number of aromatic amines is 1. The van der Waals surface area contributed by atoms with Crippen LogP contribution in [-0.4, -0.2) is 62.7 Å². The van der Waals surface area contributed by atoms with Crippen LogP contribution in [0, 0.1) is 18.8 Å². The Balaban J connectivity index is 1.46. The average molecular weight is 373 g/mol. The molecule has 6 rings (SSSR count). The van der Waals surface area contributed by atoms with Crippen molar-refractivity contribution >= 4 is 22.5 Å². The number of fused-ring (bicyclic) bond motifs is 3. The van der Waals surface area contributed by atoms with Crippen LogP contribution < -0.4 is 4.90 Å². The van der Waals surface area contributed by atoms with Crippen LogP contribution in [0.4, 0.5) is 5.82 Å². The molecule has 2 aliphatic heterocycles. The van der Waals surface area contributed by atoms with E-state index in [1.54, 1.807) is 0 Å². The molecule has 4 aromatic rings. The van der Waals surface area contributed by atoms with Gasteiger partial charge < -0.3 is 14.8 Å². The van der Waals surface area contributed by atoms with E-state index in [4.69, 9.17) is 10.1 Å². The lowest BCUT2D eigenvalue weighted by atomic mass is 10.0. The maximum atomic E-state index is 5.03. The predicted octanol–water partition coefficient (Wildman–Crippen LogP) is 2.58. The van der Waals surface area contributed by atoms with Gasteiger partial charge in [-0.3, -0.25) is 0 Å². The number of nitrogens with one attached hydrogen (secondary N) is 1. The Morgan fingerprint density at radius 3 is 2.68 bits per heavy atom. The first kappa shape index (κ1) is 16.1. The highest BCUT2D eigenvalue weighted by Gasteiger charge is 2.39. The molecule has 0 saturated carbocycles. The van der Waals surface area contributed by atoms with Crippen molar-refractivity contribution in [3.8, 4) is 11.3 Å². The Hall–Kier alpha value is -2.93. The maximum Gasteiger partial charge on any atom is 0.154 e. The topological polar surface area (TPSA) is 65.3 Å². The number of aryl methyl sites for hydroxylation is 1. The van der Waals surface area contributed by atoms with Gasteiger partial charge in [0.05, 0.1) is 11.4 Å². The molecule has 142 valence electrons. The second kappa shape index (κ2) is 5.78. The van der Waals surface area contributed by atoms with Gasteiger partial charge in [-0.25, -0.2) is 14.5 Å². The molecular weight excluding hydrogens is 350 g/mol. The second-order valence-corrected chi connectivity index (χ2v) is 8.25. The van der Waals surface area contributed by atoms with Crippen LogP contribution in [0.1, 0.15) is 5.69 Å². The van der Waals surface area contributed by atoms with Gasteiger partial charge in [-0.1, -0.05) is 0 Å². The molecule has 1 N–H and O–H groups in total. The molecular formula is C21H23N7. The molecule has 0 unspecified atom stereocenters. The molecule has 7 heteroatoms. The van der Waals surface area contributed by atoms with Crippen molar-refractivity contribution in [1.29, 1.82) is 0 Å². The Morgan fingerprint density at radius 2 is 1.86 bits per heavy atom. The van der Waals surface area contributed by atoms with Crippen LogP contribution in [0.2, 0.25) is 0 Å². The van der Waals surface area contributed by atoms with E-state index in [-0.39, 0.29) is 0 Å². The summed E-state index contributed by atoms with van der Waals surface area (Å²) >= 11 is 0. The minimum Gasteiger partial charge on any atom is -0.355 e. The molecule has 0 radical (unpaired) electrons. The molecule has 0 bridgehead atoms. The van der Waals surface area contributed by atoms with E-state index in [0.29, 0.717) is 0 Å². The summed E-state index contributed by atoms with van der Waals surface area (Å²) in [5.41, 5.74) is 4.91. The van der Waals surface area contributed by atoms with Crippen LogP contribution >= 0.6 is 0 Å². The summed E-state index contributed by atoms with van der Waals surface area (Å²) in [6.45, 7) is 6.63. The third-order valence-corrected chi connectivity index (χ3v) is 6.35. The average Bonchev–Trinajstić information content (AvgIpc) is 3.41. The number of H-pyrrole nitrogens is 1. The van der Waals surface area contributed by atoms with Gasteiger partial charge >= 0.3 is 0 Å². The number of anilines is 1. The van der Waals surface area contributed by atoms with Crippen LogP contribution in [0.5, 0.6) is 0 Å². The monoisotopic (exact) mass is 373 g/mol. The fourth-order valence-corrected chi connectivity index (χ4v) is 5.09. The first-order valence-electron chi connectivity index (χ1n) is 9.90. The van der Waals surface area contributed by atoms with Gasteiger partial charge in [0, 0.05) is 49.5 Å². The third kappa shape index (κ3) is 2.29. The first-order chi connectivity index (χ1) is 13.7. The zero-order valence-electron chi connectivity index (χ0n) is 16.1. The number of imidazole rings is 1. The Bertz CT molecular complexity index is 1180. The van der Waals surface area contributed by atoms with Gasteiger partial charge in [0.15, 0.2) is 5.65 Å². The maximum absolute atomic E-state index is 5.03. The van der Waals surface area contributed by atoms with Crippen molar-refractivity contribution in [1.82, 2.24) is 29.5 Å². The fraction of sp³-hybridized carbons (Fsp3) is 0.381. The van der Waals surface area contributed by atoms with Crippen LogP contribution in [0.15, 0.2) is 36.7 Å².